The molecule has 0 atom stereocenters. The maximum Gasteiger partial charge on any atom is 0.223 e. The fourth-order valence-electron chi connectivity index (χ4n) is 1.20. The molecule has 0 saturated carbocycles. The molecule has 0 fully saturated rings. The van der Waals surface area contributed by atoms with Gasteiger partial charge in [-0.15, -0.1) is 0 Å². The molecule has 0 radical (unpaired) electrons. The van der Waals surface area contributed by atoms with Crippen LogP contribution in [0.3, 0.4) is 0 Å². The van der Waals surface area contributed by atoms with Crippen LogP contribution in [0.5, 0.6) is 5.75 Å². The second-order valence-corrected chi connectivity index (χ2v) is 4.47. The average Bonchev–Trinajstić information content (AvgIpc) is 2.21. The summed E-state index contributed by atoms with van der Waals surface area (Å²) in [5, 5.41) is 0.488. The van der Waals surface area contributed by atoms with E-state index in [0.717, 1.165) is 0 Å². The Morgan fingerprint density at radius 1 is 1.39 bits per heavy atom. The summed E-state index contributed by atoms with van der Waals surface area (Å²) < 4.78 is 6.12. The van der Waals surface area contributed by atoms with Crippen LogP contribution in [-0.4, -0.2) is 18.5 Å². The third-order valence-electron chi connectivity index (χ3n) is 1.76. The largest absolute Gasteiger partial charge is 0.490 e. The highest BCUT2D eigenvalue weighted by molar-refractivity contribution is 9.10. The Bertz CT molecular complexity index is 499. The van der Waals surface area contributed by atoms with Gasteiger partial charge < -0.3 is 21.9 Å². The molecule has 0 aromatic heterocycles. The van der Waals surface area contributed by atoms with E-state index >= 15 is 0 Å². The monoisotopic (exact) mass is 333 g/mol. The Hall–Kier alpha value is -1.47. The third kappa shape index (κ3) is 4.08. The molecule has 1 aromatic carbocycles. The number of guanidine groups is 2. The van der Waals surface area contributed by atoms with Crippen LogP contribution in [-0.2, 0) is 0 Å². The highest BCUT2D eigenvalue weighted by atomic mass is 79.9. The summed E-state index contributed by atoms with van der Waals surface area (Å²) in [4.78, 5) is 7.67. The summed E-state index contributed by atoms with van der Waals surface area (Å²) >= 11 is 9.27. The van der Waals surface area contributed by atoms with E-state index in [2.05, 4.69) is 25.9 Å². The molecule has 6 nitrogen and oxygen atoms in total. The van der Waals surface area contributed by atoms with Crippen molar-refractivity contribution >= 4 is 45.1 Å². The number of benzene rings is 1. The molecule has 98 valence electrons. The molecule has 0 aliphatic carbocycles. The summed E-state index contributed by atoms with van der Waals surface area (Å²) in [5.41, 5.74) is 16.4. The maximum absolute atomic E-state index is 5.93. The molecule has 0 heterocycles. The Morgan fingerprint density at radius 2 is 2.06 bits per heavy atom. The summed E-state index contributed by atoms with van der Waals surface area (Å²) in [6, 6.07) is 3.30. The molecule has 0 amide bonds. The van der Waals surface area contributed by atoms with E-state index < -0.39 is 0 Å². The van der Waals surface area contributed by atoms with Crippen molar-refractivity contribution in [2.24, 2.45) is 27.2 Å². The average molecular weight is 335 g/mol. The Kier molecular flexibility index (Phi) is 5.24. The number of aliphatic imine (C=N–C) groups is 2. The first kappa shape index (κ1) is 14.6. The molecule has 0 unspecified atom stereocenters. The minimum Gasteiger partial charge on any atom is -0.490 e. The SMILES string of the molecule is CCOc1c(Br)cc(Cl)cc1N=C(N)N=C(N)N. The third-order valence-corrected chi connectivity index (χ3v) is 2.56. The zero-order valence-corrected chi connectivity index (χ0v) is 12.0. The van der Waals surface area contributed by atoms with Crippen molar-refractivity contribution < 1.29 is 4.74 Å². The number of rotatable bonds is 3. The van der Waals surface area contributed by atoms with Crippen molar-refractivity contribution in [2.45, 2.75) is 6.92 Å². The lowest BCUT2D eigenvalue weighted by Crippen LogP contribution is -2.26. The molecular formula is C10H13BrClN5O. The van der Waals surface area contributed by atoms with Gasteiger partial charge in [-0.3, -0.25) is 0 Å². The van der Waals surface area contributed by atoms with Crippen molar-refractivity contribution in [1.29, 1.82) is 0 Å². The second kappa shape index (κ2) is 6.46. The fourth-order valence-corrected chi connectivity index (χ4v) is 2.11. The van der Waals surface area contributed by atoms with Crippen molar-refractivity contribution in [1.82, 2.24) is 0 Å². The van der Waals surface area contributed by atoms with Crippen molar-refractivity contribution in [3.05, 3.63) is 21.6 Å². The highest BCUT2D eigenvalue weighted by Gasteiger charge is 2.10. The van der Waals surface area contributed by atoms with Gasteiger partial charge in [0.1, 0.15) is 5.69 Å². The number of nitrogens with zero attached hydrogens (tertiary/aromatic N) is 2. The lowest BCUT2D eigenvalue weighted by molar-refractivity contribution is 0.339. The predicted molar refractivity (Wildman–Crippen MR) is 77.4 cm³/mol. The number of hydrogen-bond donors (Lipinski definition) is 3. The molecule has 0 aliphatic heterocycles. The standard InChI is InChI=1S/C10H13BrClN5O/c1-2-18-8-6(11)3-5(12)4-7(8)16-10(15)17-9(13)14/h3-4H,2H2,1H3,(H6,13,14,15,16,17). The lowest BCUT2D eigenvalue weighted by Gasteiger charge is -2.09. The van der Waals surface area contributed by atoms with E-state index in [1.807, 2.05) is 6.92 Å². The summed E-state index contributed by atoms with van der Waals surface area (Å²) in [7, 11) is 0. The lowest BCUT2D eigenvalue weighted by atomic mass is 10.3. The van der Waals surface area contributed by atoms with Gasteiger partial charge in [0.05, 0.1) is 11.1 Å². The first-order valence-electron chi connectivity index (χ1n) is 4.99. The molecule has 1 rings (SSSR count). The van der Waals surface area contributed by atoms with E-state index in [9.17, 15) is 0 Å². The van der Waals surface area contributed by atoms with Gasteiger partial charge in [0, 0.05) is 5.02 Å². The highest BCUT2D eigenvalue weighted by Crippen LogP contribution is 2.38. The number of nitrogens with two attached hydrogens (primary N) is 3. The quantitative estimate of drug-likeness (QED) is 0.577. The molecule has 0 spiro atoms. The van der Waals surface area contributed by atoms with Gasteiger partial charge in [0.25, 0.3) is 0 Å². The molecule has 0 saturated heterocycles. The van der Waals surface area contributed by atoms with E-state index in [-0.39, 0.29) is 11.9 Å². The van der Waals surface area contributed by atoms with Gasteiger partial charge in [0.2, 0.25) is 5.96 Å². The van der Waals surface area contributed by atoms with E-state index in [0.29, 0.717) is 27.5 Å². The second-order valence-electron chi connectivity index (χ2n) is 3.18. The van der Waals surface area contributed by atoms with Crippen LogP contribution in [0.4, 0.5) is 5.69 Å². The molecule has 18 heavy (non-hydrogen) atoms. The van der Waals surface area contributed by atoms with Crippen LogP contribution >= 0.6 is 27.5 Å². The predicted octanol–water partition coefficient (Wildman–Crippen LogP) is 1.72. The van der Waals surface area contributed by atoms with Crippen LogP contribution in [0.1, 0.15) is 6.92 Å². The zero-order chi connectivity index (χ0) is 13.7. The van der Waals surface area contributed by atoms with Crippen LogP contribution < -0.4 is 21.9 Å². The van der Waals surface area contributed by atoms with Gasteiger partial charge in [-0.2, -0.15) is 4.99 Å². The van der Waals surface area contributed by atoms with Gasteiger partial charge >= 0.3 is 0 Å². The number of ether oxygens (including phenoxy) is 1. The van der Waals surface area contributed by atoms with Crippen LogP contribution in [0, 0.1) is 0 Å². The topological polar surface area (TPSA) is 112 Å². The summed E-state index contributed by atoms with van der Waals surface area (Å²) in [5.74, 6) is 0.274. The van der Waals surface area contributed by atoms with Crippen LogP contribution in [0.25, 0.3) is 0 Å². The number of halogens is 2. The molecule has 0 aliphatic rings. The van der Waals surface area contributed by atoms with Crippen LogP contribution in [0.2, 0.25) is 5.02 Å². The normalized spacial score (nSPS) is 11.2. The first-order valence-corrected chi connectivity index (χ1v) is 6.16. The van der Waals surface area contributed by atoms with Crippen molar-refractivity contribution in [3.63, 3.8) is 0 Å². The van der Waals surface area contributed by atoms with Gasteiger partial charge in [-0.05, 0) is 35.0 Å². The molecule has 6 N–H and O–H groups in total. The zero-order valence-electron chi connectivity index (χ0n) is 9.65. The first-order chi connectivity index (χ1) is 8.43. The number of hydrogen-bond acceptors (Lipinski definition) is 2. The van der Waals surface area contributed by atoms with E-state index in [4.69, 9.17) is 33.5 Å². The van der Waals surface area contributed by atoms with Gasteiger partial charge in [0.15, 0.2) is 11.7 Å². The Morgan fingerprint density at radius 3 is 2.61 bits per heavy atom. The Labute approximate surface area is 118 Å². The van der Waals surface area contributed by atoms with Crippen LogP contribution in [0.15, 0.2) is 26.6 Å². The Balaban J connectivity index is 3.26. The fraction of sp³-hybridized carbons (Fsp3) is 0.200. The minimum atomic E-state index is -0.171. The summed E-state index contributed by atoms with van der Waals surface area (Å²) in [6.45, 7) is 2.33. The molecular weight excluding hydrogens is 322 g/mol. The molecule has 0 bridgehead atoms. The van der Waals surface area contributed by atoms with E-state index in [1.165, 1.54) is 0 Å². The molecule has 1 aromatic rings. The van der Waals surface area contributed by atoms with Crippen molar-refractivity contribution in [3.8, 4) is 5.75 Å². The van der Waals surface area contributed by atoms with E-state index in [1.54, 1.807) is 12.1 Å². The smallest absolute Gasteiger partial charge is 0.223 e. The minimum absolute atomic E-state index is 0.0786. The summed E-state index contributed by atoms with van der Waals surface area (Å²) in [6.07, 6.45) is 0. The maximum atomic E-state index is 5.93. The van der Waals surface area contributed by atoms with Gasteiger partial charge in [-0.1, -0.05) is 11.6 Å². The van der Waals surface area contributed by atoms with Crippen molar-refractivity contribution in [2.75, 3.05) is 6.61 Å². The van der Waals surface area contributed by atoms with Gasteiger partial charge in [-0.25, -0.2) is 4.99 Å². The molecule has 8 heteroatoms.